The molecule has 0 saturated carbocycles. The summed E-state index contributed by atoms with van der Waals surface area (Å²) < 4.78 is 38.9. The maximum atomic E-state index is 12.8. The fraction of sp³-hybridized carbons (Fsp3) is 0.273. The molecule has 3 heterocycles. The van der Waals surface area contributed by atoms with Crippen LogP contribution in [0.1, 0.15) is 16.4 Å². The molecule has 1 N–H and O–H groups in total. The first-order valence-electron chi connectivity index (χ1n) is 5.87. The van der Waals surface area contributed by atoms with Crippen LogP contribution in [0.3, 0.4) is 0 Å². The zero-order valence-corrected chi connectivity index (χ0v) is 11.5. The van der Waals surface area contributed by atoms with Gasteiger partial charge in [0.15, 0.2) is 5.65 Å². The van der Waals surface area contributed by atoms with Gasteiger partial charge in [0.2, 0.25) is 0 Å². The molecule has 0 bridgehead atoms. The van der Waals surface area contributed by atoms with Crippen LogP contribution < -0.4 is 5.32 Å². The van der Waals surface area contributed by atoms with Gasteiger partial charge in [0, 0.05) is 4.88 Å². The Morgan fingerprint density at radius 3 is 2.76 bits per heavy atom. The second kappa shape index (κ2) is 4.95. The van der Waals surface area contributed by atoms with Crippen LogP contribution in [-0.2, 0) is 12.7 Å². The Morgan fingerprint density at radius 1 is 1.29 bits per heavy atom. The van der Waals surface area contributed by atoms with Crippen molar-refractivity contribution in [2.45, 2.75) is 19.6 Å². The molecule has 0 aliphatic rings. The van der Waals surface area contributed by atoms with Crippen molar-refractivity contribution in [1.29, 1.82) is 0 Å². The highest BCUT2D eigenvalue weighted by Gasteiger charge is 2.37. The fourth-order valence-corrected chi connectivity index (χ4v) is 2.44. The average molecular weight is 314 g/mol. The molecule has 21 heavy (non-hydrogen) atoms. The van der Waals surface area contributed by atoms with Gasteiger partial charge in [-0.3, -0.25) is 0 Å². The van der Waals surface area contributed by atoms with Crippen molar-refractivity contribution in [3.8, 4) is 0 Å². The molecule has 0 aromatic carbocycles. The molecule has 0 aliphatic carbocycles. The summed E-state index contributed by atoms with van der Waals surface area (Å²) in [6.45, 7) is 2.31. The summed E-state index contributed by atoms with van der Waals surface area (Å²) in [4.78, 5) is 5.10. The fourth-order valence-electron chi connectivity index (χ4n) is 1.73. The van der Waals surface area contributed by atoms with Gasteiger partial charge < -0.3 is 5.32 Å². The summed E-state index contributed by atoms with van der Waals surface area (Å²) in [7, 11) is 0. The summed E-state index contributed by atoms with van der Waals surface area (Å²) in [6.07, 6.45) is -4.60. The Balaban J connectivity index is 1.88. The van der Waals surface area contributed by atoms with Gasteiger partial charge in [-0.2, -0.15) is 17.7 Å². The molecule has 3 aromatic rings. The van der Waals surface area contributed by atoms with E-state index in [0.29, 0.717) is 16.9 Å². The lowest BCUT2D eigenvalue weighted by Crippen LogP contribution is -2.13. The molecule has 0 aliphatic heterocycles. The molecule has 0 spiro atoms. The van der Waals surface area contributed by atoms with Crippen LogP contribution in [0.4, 0.5) is 19.0 Å². The van der Waals surface area contributed by atoms with Crippen LogP contribution in [0.15, 0.2) is 17.6 Å². The van der Waals surface area contributed by atoms with Crippen LogP contribution in [0.2, 0.25) is 0 Å². The Morgan fingerprint density at radius 2 is 2.10 bits per heavy atom. The van der Waals surface area contributed by atoms with Crippen molar-refractivity contribution in [2.75, 3.05) is 5.32 Å². The van der Waals surface area contributed by atoms with Gasteiger partial charge in [-0.05, 0) is 19.1 Å². The van der Waals surface area contributed by atoms with Crippen molar-refractivity contribution in [3.05, 3.63) is 34.0 Å². The predicted molar refractivity (Wildman–Crippen MR) is 70.0 cm³/mol. The first kappa shape index (κ1) is 13.7. The highest BCUT2D eigenvalue weighted by Crippen LogP contribution is 2.27. The summed E-state index contributed by atoms with van der Waals surface area (Å²) in [5.74, 6) is -0.837. The minimum Gasteiger partial charge on any atom is -0.364 e. The van der Waals surface area contributed by atoms with Gasteiger partial charge in [0.25, 0.3) is 5.82 Å². The van der Waals surface area contributed by atoms with Crippen molar-refractivity contribution >= 4 is 22.8 Å². The minimum absolute atomic E-state index is 0.0434. The zero-order chi connectivity index (χ0) is 15.0. The van der Waals surface area contributed by atoms with E-state index in [1.54, 1.807) is 11.6 Å². The number of alkyl halides is 3. The van der Waals surface area contributed by atoms with E-state index < -0.39 is 12.0 Å². The number of aryl methyl sites for hydroxylation is 1. The third-order valence-electron chi connectivity index (χ3n) is 2.79. The molecule has 0 fully saturated rings. The van der Waals surface area contributed by atoms with Gasteiger partial charge in [0.1, 0.15) is 5.82 Å². The number of anilines is 1. The van der Waals surface area contributed by atoms with Crippen LogP contribution >= 0.6 is 11.3 Å². The maximum absolute atomic E-state index is 12.8. The van der Waals surface area contributed by atoms with E-state index in [9.17, 15) is 13.2 Å². The number of nitrogens with one attached hydrogen (secondary N) is 1. The second-order valence-electron chi connectivity index (χ2n) is 4.22. The average Bonchev–Trinajstić information content (AvgIpc) is 3.01. The molecule has 110 valence electrons. The van der Waals surface area contributed by atoms with Crippen LogP contribution in [0.25, 0.3) is 5.65 Å². The third-order valence-corrected chi connectivity index (χ3v) is 3.73. The van der Waals surface area contributed by atoms with Gasteiger partial charge >= 0.3 is 6.18 Å². The molecule has 6 nitrogen and oxygen atoms in total. The summed E-state index contributed by atoms with van der Waals surface area (Å²) in [5.41, 5.74) is 2.64. The Labute approximate surface area is 120 Å². The van der Waals surface area contributed by atoms with E-state index in [1.165, 1.54) is 17.4 Å². The molecule has 10 heteroatoms. The molecule has 0 saturated heterocycles. The van der Waals surface area contributed by atoms with Crippen molar-refractivity contribution in [1.82, 2.24) is 24.8 Å². The molecular formula is C11H9F3N6S. The van der Waals surface area contributed by atoms with E-state index in [4.69, 9.17) is 0 Å². The van der Waals surface area contributed by atoms with E-state index in [1.807, 2.05) is 6.92 Å². The van der Waals surface area contributed by atoms with Crippen molar-refractivity contribution < 1.29 is 13.2 Å². The number of nitrogens with zero attached hydrogens (tertiary/aromatic N) is 5. The molecule has 3 aromatic heterocycles. The van der Waals surface area contributed by atoms with Gasteiger partial charge in [-0.15, -0.1) is 26.6 Å². The van der Waals surface area contributed by atoms with E-state index in [0.717, 1.165) is 10.6 Å². The summed E-state index contributed by atoms with van der Waals surface area (Å²) in [6, 6.07) is 2.98. The molecule has 3 rings (SSSR count). The topological polar surface area (TPSA) is 68.0 Å². The number of fused-ring (bicyclic) bond motifs is 1. The summed E-state index contributed by atoms with van der Waals surface area (Å²) >= 11 is 1.47. The molecular weight excluding hydrogens is 305 g/mol. The number of hydrogen-bond donors (Lipinski definition) is 1. The number of hydrogen-bond acceptors (Lipinski definition) is 6. The highest BCUT2D eigenvalue weighted by atomic mass is 32.1. The largest absolute Gasteiger partial charge is 0.453 e. The number of thiazole rings is 1. The van der Waals surface area contributed by atoms with Gasteiger partial charge in [0.05, 0.1) is 17.7 Å². The Kier molecular flexibility index (Phi) is 3.24. The first-order chi connectivity index (χ1) is 9.95. The Hall–Kier alpha value is -2.23. The molecule has 0 unspecified atom stereocenters. The number of rotatable bonds is 3. The SMILES string of the molecule is Cc1ncsc1CNc1ccc2nnc(C(F)(F)F)n2n1. The standard InChI is InChI=1S/C11H9F3N6S/c1-6-7(21-5-16-6)4-15-8-2-3-9-17-18-10(11(12,13)14)20(9)19-8/h2-3,5H,4H2,1H3,(H,15,19). The lowest BCUT2D eigenvalue weighted by molar-refractivity contribution is -0.146. The van der Waals surface area contributed by atoms with E-state index >= 15 is 0 Å². The van der Waals surface area contributed by atoms with Crippen LogP contribution in [0, 0.1) is 6.92 Å². The van der Waals surface area contributed by atoms with Crippen molar-refractivity contribution in [3.63, 3.8) is 0 Å². The number of aromatic nitrogens is 5. The number of halogens is 3. The predicted octanol–water partition coefficient (Wildman–Crippen LogP) is 2.52. The highest BCUT2D eigenvalue weighted by molar-refractivity contribution is 7.09. The van der Waals surface area contributed by atoms with E-state index in [2.05, 4.69) is 25.6 Å². The second-order valence-corrected chi connectivity index (χ2v) is 5.16. The maximum Gasteiger partial charge on any atom is 0.453 e. The Bertz CT molecular complexity index is 778. The molecule has 0 radical (unpaired) electrons. The zero-order valence-electron chi connectivity index (χ0n) is 10.7. The van der Waals surface area contributed by atoms with Crippen molar-refractivity contribution in [2.24, 2.45) is 0 Å². The first-order valence-corrected chi connectivity index (χ1v) is 6.75. The quantitative estimate of drug-likeness (QED) is 0.804. The third kappa shape index (κ3) is 2.66. The smallest absolute Gasteiger partial charge is 0.364 e. The van der Waals surface area contributed by atoms with Gasteiger partial charge in [-0.25, -0.2) is 4.98 Å². The van der Waals surface area contributed by atoms with Gasteiger partial charge in [-0.1, -0.05) is 0 Å². The molecule has 0 atom stereocenters. The van der Waals surface area contributed by atoms with Crippen LogP contribution in [0.5, 0.6) is 0 Å². The minimum atomic E-state index is -4.60. The normalized spacial score (nSPS) is 12.0. The molecule has 0 amide bonds. The van der Waals surface area contributed by atoms with E-state index in [-0.39, 0.29) is 5.65 Å². The monoisotopic (exact) mass is 314 g/mol. The summed E-state index contributed by atoms with van der Waals surface area (Å²) in [5, 5.41) is 13.4. The lowest BCUT2D eigenvalue weighted by atomic mass is 10.4. The lowest BCUT2D eigenvalue weighted by Gasteiger charge is -2.06. The van der Waals surface area contributed by atoms with Crippen LogP contribution in [-0.4, -0.2) is 24.8 Å².